The molecule has 2 N–H and O–H groups in total. The smallest absolute Gasteiger partial charge is 0.234 e. The number of nitrogens with one attached hydrogen (secondary N) is 2. The third-order valence-corrected chi connectivity index (χ3v) is 5.30. The van der Waals surface area contributed by atoms with Gasteiger partial charge in [0, 0.05) is 12.7 Å². The van der Waals surface area contributed by atoms with Gasteiger partial charge in [-0.05, 0) is 30.5 Å². The number of hydrogen-bond donors (Lipinski definition) is 2. The van der Waals surface area contributed by atoms with Gasteiger partial charge in [-0.15, -0.1) is 0 Å². The molecule has 0 saturated carbocycles. The van der Waals surface area contributed by atoms with Crippen molar-refractivity contribution in [3.05, 3.63) is 23.3 Å². The maximum atomic E-state index is 12.1. The Kier molecular flexibility index (Phi) is 5.74. The molecule has 1 aliphatic rings. The Hall–Kier alpha value is -2.06. The van der Waals surface area contributed by atoms with Gasteiger partial charge in [-0.3, -0.25) is 10.2 Å². The minimum Gasteiger partial charge on any atom is -0.493 e. The maximum absolute atomic E-state index is 12.1. The molecule has 0 aromatic heterocycles. The number of methoxy groups -OCH3 is 2. The molecule has 1 heterocycles. The third kappa shape index (κ3) is 4.32. The highest BCUT2D eigenvalue weighted by Gasteiger charge is 2.27. The quantitative estimate of drug-likeness (QED) is 0.819. The van der Waals surface area contributed by atoms with Crippen LogP contribution in [-0.4, -0.2) is 40.8 Å². The van der Waals surface area contributed by atoms with Crippen LogP contribution in [0.15, 0.2) is 22.6 Å². The highest BCUT2D eigenvalue weighted by atomic mass is 32.2. The fraction of sp³-hybridized carbons (Fsp3) is 0.471. The van der Waals surface area contributed by atoms with Gasteiger partial charge in [-0.25, -0.2) is 13.8 Å². The van der Waals surface area contributed by atoms with Crippen molar-refractivity contribution in [1.82, 2.24) is 10.9 Å². The number of ether oxygens (including phenoxy) is 2. The van der Waals surface area contributed by atoms with Gasteiger partial charge >= 0.3 is 0 Å². The Morgan fingerprint density at radius 2 is 1.96 bits per heavy atom. The van der Waals surface area contributed by atoms with Gasteiger partial charge in [0.2, 0.25) is 5.91 Å². The zero-order chi connectivity index (χ0) is 18.8. The molecular weight excluding hydrogens is 344 g/mol. The molecule has 138 valence electrons. The molecule has 7 nitrogen and oxygen atoms in total. The zero-order valence-corrected chi connectivity index (χ0v) is 15.9. The van der Waals surface area contributed by atoms with Crippen molar-refractivity contribution in [1.29, 1.82) is 0 Å². The van der Waals surface area contributed by atoms with Crippen LogP contribution in [0.25, 0.3) is 6.08 Å². The van der Waals surface area contributed by atoms with Crippen LogP contribution in [-0.2, 0) is 14.6 Å². The second kappa shape index (κ2) is 7.45. The van der Waals surface area contributed by atoms with E-state index >= 15 is 0 Å². The zero-order valence-electron chi connectivity index (χ0n) is 15.0. The molecule has 1 aliphatic heterocycles. The van der Waals surface area contributed by atoms with E-state index in [0.717, 1.165) is 11.8 Å². The number of amides is 1. The highest BCUT2D eigenvalue weighted by molar-refractivity contribution is 7.90. The van der Waals surface area contributed by atoms with Crippen molar-refractivity contribution in [3.63, 3.8) is 0 Å². The van der Waals surface area contributed by atoms with Gasteiger partial charge in [0.1, 0.15) is 4.90 Å². The second-order valence-corrected chi connectivity index (χ2v) is 8.25. The topological polar surface area (TPSA) is 93.7 Å². The average Bonchev–Trinajstić information content (AvgIpc) is 2.52. The summed E-state index contributed by atoms with van der Waals surface area (Å²) in [5.41, 5.74) is 7.28. The lowest BCUT2D eigenvalue weighted by molar-refractivity contribution is -0.125. The molecule has 2 unspecified atom stereocenters. The summed E-state index contributed by atoms with van der Waals surface area (Å²) in [6, 6.07) is 3.25. The van der Waals surface area contributed by atoms with E-state index in [0.29, 0.717) is 17.7 Å². The molecule has 1 fully saturated rings. The summed E-state index contributed by atoms with van der Waals surface area (Å²) in [5.74, 6) is 0.625. The molecule has 25 heavy (non-hydrogen) atoms. The molecule has 0 aliphatic carbocycles. The largest absolute Gasteiger partial charge is 0.493 e. The van der Waals surface area contributed by atoms with Crippen LogP contribution in [0.5, 0.6) is 11.5 Å². The van der Waals surface area contributed by atoms with Crippen molar-refractivity contribution < 1.29 is 22.7 Å². The highest BCUT2D eigenvalue weighted by Crippen LogP contribution is 2.36. The van der Waals surface area contributed by atoms with E-state index < -0.39 is 9.84 Å². The Balaban J connectivity index is 2.47. The number of carbonyl (C=O) groups is 1. The Morgan fingerprint density at radius 3 is 2.48 bits per heavy atom. The van der Waals surface area contributed by atoms with E-state index in [1.807, 2.05) is 19.9 Å². The van der Waals surface area contributed by atoms with Gasteiger partial charge in [-0.2, -0.15) is 0 Å². The van der Waals surface area contributed by atoms with Crippen molar-refractivity contribution in [2.75, 3.05) is 20.5 Å². The van der Waals surface area contributed by atoms with Gasteiger partial charge in [0.15, 0.2) is 21.3 Å². The van der Waals surface area contributed by atoms with Crippen LogP contribution in [0.3, 0.4) is 0 Å². The van der Waals surface area contributed by atoms with Crippen molar-refractivity contribution in [2.45, 2.75) is 31.2 Å². The maximum Gasteiger partial charge on any atom is 0.234 e. The van der Waals surface area contributed by atoms with Crippen LogP contribution in [0.2, 0.25) is 0 Å². The predicted molar refractivity (Wildman–Crippen MR) is 95.2 cm³/mol. The summed E-state index contributed by atoms with van der Waals surface area (Å²) in [6.45, 7) is 3.92. The number of hydrogen-bond acceptors (Lipinski definition) is 6. The molecule has 1 aromatic rings. The molecular formula is C17H24N2O5S. The molecule has 0 radical (unpaired) electrons. The normalized spacial score (nSPS) is 21.6. The molecule has 0 bridgehead atoms. The van der Waals surface area contributed by atoms with Crippen LogP contribution >= 0.6 is 0 Å². The lowest BCUT2D eigenvalue weighted by Gasteiger charge is -2.30. The van der Waals surface area contributed by atoms with Crippen molar-refractivity contribution >= 4 is 21.8 Å². The average molecular weight is 368 g/mol. The number of sulfone groups is 1. The van der Waals surface area contributed by atoms with Gasteiger partial charge in [0.25, 0.3) is 0 Å². The summed E-state index contributed by atoms with van der Waals surface area (Å²) < 4.78 is 34.7. The van der Waals surface area contributed by atoms with E-state index in [9.17, 15) is 13.2 Å². The second-order valence-electron chi connectivity index (χ2n) is 6.27. The van der Waals surface area contributed by atoms with Gasteiger partial charge in [-0.1, -0.05) is 18.6 Å². The lowest BCUT2D eigenvalue weighted by Crippen LogP contribution is -2.53. The fourth-order valence-electron chi connectivity index (χ4n) is 2.99. The van der Waals surface area contributed by atoms with E-state index in [-0.39, 0.29) is 28.5 Å². The first-order valence-electron chi connectivity index (χ1n) is 7.86. The summed E-state index contributed by atoms with van der Waals surface area (Å²) in [5, 5.41) is 0. The first kappa shape index (κ1) is 19.3. The Morgan fingerprint density at radius 1 is 1.28 bits per heavy atom. The SMILES string of the molecule is COc1cc(/C=C(\C)C2NNC(=O)CC2C)cc(S(C)(=O)=O)c1OC. The van der Waals surface area contributed by atoms with Crippen molar-refractivity contribution in [3.8, 4) is 11.5 Å². The third-order valence-electron chi connectivity index (χ3n) is 4.20. The van der Waals surface area contributed by atoms with Gasteiger partial charge < -0.3 is 9.47 Å². The lowest BCUT2D eigenvalue weighted by atomic mass is 9.90. The van der Waals surface area contributed by atoms with Crippen LogP contribution in [0.4, 0.5) is 0 Å². The van der Waals surface area contributed by atoms with E-state index in [4.69, 9.17) is 9.47 Å². The Labute approximate surface area is 148 Å². The van der Waals surface area contributed by atoms with E-state index in [1.165, 1.54) is 14.2 Å². The Bertz CT molecular complexity index is 802. The molecule has 2 rings (SSSR count). The minimum absolute atomic E-state index is 0.0347. The minimum atomic E-state index is -3.49. The summed E-state index contributed by atoms with van der Waals surface area (Å²) in [7, 11) is -0.617. The van der Waals surface area contributed by atoms with Crippen LogP contribution in [0, 0.1) is 5.92 Å². The van der Waals surface area contributed by atoms with E-state index in [1.54, 1.807) is 12.1 Å². The monoisotopic (exact) mass is 368 g/mol. The first-order chi connectivity index (χ1) is 11.7. The van der Waals surface area contributed by atoms with Crippen LogP contribution in [0.1, 0.15) is 25.8 Å². The van der Waals surface area contributed by atoms with Crippen LogP contribution < -0.4 is 20.3 Å². The predicted octanol–water partition coefficient (Wildman–Crippen LogP) is 1.54. The number of carbonyl (C=O) groups excluding carboxylic acids is 1. The molecule has 1 saturated heterocycles. The van der Waals surface area contributed by atoms with E-state index in [2.05, 4.69) is 10.9 Å². The fourth-order valence-corrected chi connectivity index (χ4v) is 3.86. The summed E-state index contributed by atoms with van der Waals surface area (Å²) in [6.07, 6.45) is 3.44. The number of hydrazine groups is 1. The summed E-state index contributed by atoms with van der Waals surface area (Å²) in [4.78, 5) is 11.5. The standard InChI is InChI=1S/C17H24N2O5S/c1-10(16-11(2)7-15(20)18-19-16)6-12-8-13(23-3)17(24-4)14(9-12)25(5,21)22/h6,8-9,11,16,19H,7H2,1-5H3,(H,18,20)/b10-6+. The van der Waals surface area contributed by atoms with Crippen molar-refractivity contribution in [2.24, 2.45) is 5.92 Å². The number of rotatable bonds is 5. The number of benzene rings is 1. The molecule has 1 aromatic carbocycles. The summed E-state index contributed by atoms with van der Waals surface area (Å²) >= 11 is 0. The molecule has 8 heteroatoms. The molecule has 1 amide bonds. The first-order valence-corrected chi connectivity index (χ1v) is 9.75. The molecule has 2 atom stereocenters. The van der Waals surface area contributed by atoms with Gasteiger partial charge in [0.05, 0.1) is 20.3 Å². The molecule has 0 spiro atoms.